The molecule has 2 atom stereocenters. The first-order valence-corrected chi connectivity index (χ1v) is 4.24. The molecule has 0 radical (unpaired) electrons. The van der Waals surface area contributed by atoms with Crippen LogP contribution in [-0.2, 0) is 0 Å². The van der Waals surface area contributed by atoms with Crippen molar-refractivity contribution in [1.82, 2.24) is 5.32 Å². The molecule has 1 saturated carbocycles. The Hall–Kier alpha value is -0.0800. The second-order valence-electron chi connectivity index (χ2n) is 3.08. The third-order valence-corrected chi connectivity index (χ3v) is 2.14. The summed E-state index contributed by atoms with van der Waals surface area (Å²) in [6.07, 6.45) is 4.33. The second kappa shape index (κ2) is 3.94. The maximum absolute atomic E-state index is 9.27. The quantitative estimate of drug-likeness (QED) is 0.602. The van der Waals surface area contributed by atoms with Crippen LogP contribution in [0.2, 0.25) is 0 Å². The summed E-state index contributed by atoms with van der Waals surface area (Å²) in [6.45, 7) is 3.14. The largest absolute Gasteiger partial charge is 0.393 e. The van der Waals surface area contributed by atoms with Crippen LogP contribution in [0.1, 0.15) is 32.6 Å². The van der Waals surface area contributed by atoms with Crippen LogP contribution in [0.25, 0.3) is 0 Å². The Morgan fingerprint density at radius 3 is 2.90 bits per heavy atom. The molecule has 2 nitrogen and oxygen atoms in total. The van der Waals surface area contributed by atoms with Crippen molar-refractivity contribution in [3.63, 3.8) is 0 Å². The molecule has 1 rings (SSSR count). The van der Waals surface area contributed by atoms with E-state index in [0.29, 0.717) is 6.04 Å². The lowest BCUT2D eigenvalue weighted by Crippen LogP contribution is -2.35. The summed E-state index contributed by atoms with van der Waals surface area (Å²) in [5.41, 5.74) is 0. The van der Waals surface area contributed by atoms with E-state index in [9.17, 15) is 5.11 Å². The second-order valence-corrected chi connectivity index (χ2v) is 3.08. The van der Waals surface area contributed by atoms with E-state index >= 15 is 0 Å². The van der Waals surface area contributed by atoms with E-state index in [0.717, 1.165) is 19.4 Å². The molecular formula is C8H17NO. The van der Waals surface area contributed by atoms with Gasteiger partial charge in [0.25, 0.3) is 0 Å². The number of aliphatic hydroxyl groups is 1. The van der Waals surface area contributed by atoms with Gasteiger partial charge in [0.1, 0.15) is 0 Å². The van der Waals surface area contributed by atoms with Crippen molar-refractivity contribution in [2.24, 2.45) is 0 Å². The first-order chi connectivity index (χ1) is 4.83. The van der Waals surface area contributed by atoms with Crippen LogP contribution in [0.5, 0.6) is 0 Å². The molecule has 0 amide bonds. The first kappa shape index (κ1) is 8.02. The maximum atomic E-state index is 9.27. The lowest BCUT2D eigenvalue weighted by molar-refractivity contribution is 0.112. The highest BCUT2D eigenvalue weighted by Crippen LogP contribution is 2.17. The standard InChI is InChI=1S/C8H17NO/c1-2-9-7-4-3-5-8(10)6-7/h7-10H,2-6H2,1H3/t7-,8-/m1/s1. The minimum atomic E-state index is -0.0437. The fraction of sp³-hybridized carbons (Fsp3) is 1.00. The molecular weight excluding hydrogens is 126 g/mol. The summed E-state index contributed by atoms with van der Waals surface area (Å²) in [6, 6.07) is 0.578. The summed E-state index contributed by atoms with van der Waals surface area (Å²) in [5, 5.41) is 12.6. The normalized spacial score (nSPS) is 34.2. The van der Waals surface area contributed by atoms with Crippen molar-refractivity contribution in [1.29, 1.82) is 0 Å². The van der Waals surface area contributed by atoms with Gasteiger partial charge in [-0.3, -0.25) is 0 Å². The SMILES string of the molecule is CCN[C@@H]1CCC[C@@H](O)C1. The molecule has 0 aliphatic heterocycles. The molecule has 1 fully saturated rings. The Labute approximate surface area is 62.6 Å². The molecule has 10 heavy (non-hydrogen) atoms. The number of nitrogens with one attached hydrogen (secondary N) is 1. The van der Waals surface area contributed by atoms with Crippen molar-refractivity contribution in [2.45, 2.75) is 44.8 Å². The van der Waals surface area contributed by atoms with E-state index in [2.05, 4.69) is 12.2 Å². The maximum Gasteiger partial charge on any atom is 0.0555 e. The van der Waals surface area contributed by atoms with Gasteiger partial charge in [-0.05, 0) is 32.2 Å². The third-order valence-electron chi connectivity index (χ3n) is 2.14. The van der Waals surface area contributed by atoms with Gasteiger partial charge in [0.15, 0.2) is 0 Å². The van der Waals surface area contributed by atoms with Gasteiger partial charge < -0.3 is 10.4 Å². The topological polar surface area (TPSA) is 32.3 Å². The average molecular weight is 143 g/mol. The van der Waals surface area contributed by atoms with Crippen LogP contribution in [0, 0.1) is 0 Å². The van der Waals surface area contributed by atoms with E-state index in [4.69, 9.17) is 0 Å². The molecule has 0 aromatic heterocycles. The Kier molecular flexibility index (Phi) is 3.16. The number of hydrogen-bond acceptors (Lipinski definition) is 2. The van der Waals surface area contributed by atoms with E-state index in [1.165, 1.54) is 12.8 Å². The predicted molar refractivity (Wildman–Crippen MR) is 41.9 cm³/mol. The Morgan fingerprint density at radius 2 is 2.30 bits per heavy atom. The summed E-state index contributed by atoms with van der Waals surface area (Å²) in [4.78, 5) is 0. The van der Waals surface area contributed by atoms with Crippen molar-refractivity contribution in [3.8, 4) is 0 Å². The van der Waals surface area contributed by atoms with Gasteiger partial charge in [0.2, 0.25) is 0 Å². The highest BCUT2D eigenvalue weighted by atomic mass is 16.3. The van der Waals surface area contributed by atoms with Crippen LogP contribution in [0.3, 0.4) is 0 Å². The Bertz CT molecular complexity index is 93.3. The summed E-state index contributed by atoms with van der Waals surface area (Å²) >= 11 is 0. The highest BCUT2D eigenvalue weighted by molar-refractivity contribution is 4.76. The molecule has 1 aliphatic carbocycles. The van der Waals surface area contributed by atoms with Crippen LogP contribution in [0.15, 0.2) is 0 Å². The first-order valence-electron chi connectivity index (χ1n) is 4.24. The van der Waals surface area contributed by atoms with Crippen LogP contribution in [-0.4, -0.2) is 23.8 Å². The number of rotatable bonds is 2. The zero-order valence-corrected chi connectivity index (χ0v) is 6.64. The molecule has 0 aromatic rings. The molecule has 0 bridgehead atoms. The number of aliphatic hydroxyl groups excluding tert-OH is 1. The monoisotopic (exact) mass is 143 g/mol. The van der Waals surface area contributed by atoms with Gasteiger partial charge >= 0.3 is 0 Å². The molecule has 2 N–H and O–H groups in total. The zero-order chi connectivity index (χ0) is 7.40. The van der Waals surface area contributed by atoms with Gasteiger partial charge in [0.05, 0.1) is 6.10 Å². The number of hydrogen-bond donors (Lipinski definition) is 2. The van der Waals surface area contributed by atoms with Crippen LogP contribution < -0.4 is 5.32 Å². The summed E-state index contributed by atoms with van der Waals surface area (Å²) in [5.74, 6) is 0. The minimum Gasteiger partial charge on any atom is -0.393 e. The van der Waals surface area contributed by atoms with Crippen molar-refractivity contribution in [3.05, 3.63) is 0 Å². The van der Waals surface area contributed by atoms with Gasteiger partial charge in [-0.1, -0.05) is 6.92 Å². The average Bonchev–Trinajstić information content (AvgIpc) is 1.88. The molecule has 60 valence electrons. The zero-order valence-electron chi connectivity index (χ0n) is 6.64. The fourth-order valence-electron chi connectivity index (χ4n) is 1.64. The Morgan fingerprint density at radius 1 is 1.50 bits per heavy atom. The smallest absolute Gasteiger partial charge is 0.0555 e. The highest BCUT2D eigenvalue weighted by Gasteiger charge is 2.18. The molecule has 0 unspecified atom stereocenters. The van der Waals surface area contributed by atoms with Gasteiger partial charge in [-0.2, -0.15) is 0 Å². The van der Waals surface area contributed by atoms with Crippen LogP contribution >= 0.6 is 0 Å². The van der Waals surface area contributed by atoms with E-state index < -0.39 is 0 Å². The molecule has 0 heterocycles. The van der Waals surface area contributed by atoms with Crippen molar-refractivity contribution in [2.75, 3.05) is 6.54 Å². The van der Waals surface area contributed by atoms with Gasteiger partial charge in [0, 0.05) is 6.04 Å². The molecule has 0 saturated heterocycles. The molecule has 2 heteroatoms. The van der Waals surface area contributed by atoms with Crippen molar-refractivity contribution < 1.29 is 5.11 Å². The van der Waals surface area contributed by atoms with E-state index in [1.807, 2.05) is 0 Å². The Balaban J connectivity index is 2.18. The fourth-order valence-corrected chi connectivity index (χ4v) is 1.64. The van der Waals surface area contributed by atoms with Gasteiger partial charge in [-0.15, -0.1) is 0 Å². The van der Waals surface area contributed by atoms with Crippen molar-refractivity contribution >= 4 is 0 Å². The minimum absolute atomic E-state index is 0.0437. The lowest BCUT2D eigenvalue weighted by Gasteiger charge is -2.26. The molecule has 0 aromatic carbocycles. The third kappa shape index (κ3) is 2.27. The molecule has 0 spiro atoms. The van der Waals surface area contributed by atoms with E-state index in [1.54, 1.807) is 0 Å². The summed E-state index contributed by atoms with van der Waals surface area (Å²) in [7, 11) is 0. The predicted octanol–water partition coefficient (Wildman–Crippen LogP) is 0.899. The van der Waals surface area contributed by atoms with E-state index in [-0.39, 0.29) is 6.10 Å². The summed E-state index contributed by atoms with van der Waals surface area (Å²) < 4.78 is 0. The van der Waals surface area contributed by atoms with Gasteiger partial charge in [-0.25, -0.2) is 0 Å². The van der Waals surface area contributed by atoms with Crippen LogP contribution in [0.4, 0.5) is 0 Å². The molecule has 1 aliphatic rings. The lowest BCUT2D eigenvalue weighted by atomic mass is 9.93.